The summed E-state index contributed by atoms with van der Waals surface area (Å²) in [5.74, 6) is -4.67. The van der Waals surface area contributed by atoms with Crippen LogP contribution in [-0.4, -0.2) is 178 Å². The summed E-state index contributed by atoms with van der Waals surface area (Å²) in [7, 11) is 3.28. The fraction of sp³-hybridized carbons (Fsp3) is 0.723. The van der Waals surface area contributed by atoms with Crippen molar-refractivity contribution in [3.8, 4) is 0 Å². The Morgan fingerprint density at radius 1 is 0.701 bits per heavy atom. The molecule has 4 N–H and O–H groups in total. The van der Waals surface area contributed by atoms with Gasteiger partial charge in [-0.15, -0.1) is 0 Å². The number of hydrogen-bond donors (Lipinski definition) is 4. The van der Waals surface area contributed by atoms with E-state index in [0.29, 0.717) is 26.2 Å². The highest BCUT2D eigenvalue weighted by atomic mass is 16.6. The Balaban J connectivity index is 1.32. The molecule has 1 saturated heterocycles. The van der Waals surface area contributed by atoms with Crippen molar-refractivity contribution in [2.24, 2.45) is 11.8 Å². The van der Waals surface area contributed by atoms with E-state index >= 15 is 0 Å². The fourth-order valence-corrected chi connectivity index (χ4v) is 7.47. The zero-order valence-electron chi connectivity index (χ0n) is 39.9. The van der Waals surface area contributed by atoms with Gasteiger partial charge in [-0.1, -0.05) is 62.8 Å². The highest BCUT2D eigenvalue weighted by molar-refractivity contribution is 5.77. The van der Waals surface area contributed by atoms with Crippen molar-refractivity contribution in [2.75, 3.05) is 113 Å². The standard InChI is InChI=1S/C47H75N3O17/c1-34-15-16-40(58-5)39(57-4)14-10-9-13-38(37-11-7-6-8-12-37)65-44(54)30-47(56)29-41(35(2)46(34)67-47)66-45(55)33-64-28-25-61-22-19-50-43(53)32-63-27-24-60-21-18-49-42(52)31-62-26-23-59-20-17-48-36(3)51/h6-8,11-12,15-16,34-35,38-41,46,56H,9-10,13-14,17-33H2,1-5H3,(H,48,51)(H,49,52)(H,50,53)/b16-15+. The van der Waals surface area contributed by atoms with Crippen molar-refractivity contribution < 1.29 is 81.2 Å². The van der Waals surface area contributed by atoms with E-state index in [0.717, 1.165) is 24.8 Å². The molecule has 2 bridgehead atoms. The van der Waals surface area contributed by atoms with Crippen molar-refractivity contribution in [3.05, 3.63) is 48.0 Å². The van der Waals surface area contributed by atoms with Crippen molar-refractivity contribution in [3.63, 3.8) is 0 Å². The van der Waals surface area contributed by atoms with Crippen molar-refractivity contribution in [1.29, 1.82) is 0 Å². The van der Waals surface area contributed by atoms with E-state index in [2.05, 4.69) is 16.0 Å². The molecule has 1 aromatic carbocycles. The zero-order chi connectivity index (χ0) is 48.7. The normalized spacial score (nSPS) is 25.3. The maximum atomic E-state index is 13.5. The quantitative estimate of drug-likeness (QED) is 0.0533. The number of amides is 3. The molecule has 20 nitrogen and oxygen atoms in total. The van der Waals surface area contributed by atoms with E-state index in [1.54, 1.807) is 14.2 Å². The first kappa shape index (κ1) is 57.2. The molecule has 8 unspecified atom stereocenters. The number of ether oxygens (including phenoxy) is 11. The number of hydrogen-bond acceptors (Lipinski definition) is 17. The Hall–Kier alpha value is -4.09. The van der Waals surface area contributed by atoms with Crippen LogP contribution >= 0.6 is 0 Å². The van der Waals surface area contributed by atoms with Gasteiger partial charge in [0.25, 0.3) is 0 Å². The molecule has 0 radical (unpaired) electrons. The van der Waals surface area contributed by atoms with Crippen molar-refractivity contribution in [2.45, 2.75) is 95.6 Å². The van der Waals surface area contributed by atoms with Crippen molar-refractivity contribution >= 4 is 29.7 Å². The molecule has 20 heteroatoms. The number of aliphatic hydroxyl groups is 1. The van der Waals surface area contributed by atoms with Gasteiger partial charge in [-0.2, -0.15) is 0 Å². The number of cyclic esters (lactones) is 1. The second-order valence-corrected chi connectivity index (χ2v) is 16.4. The van der Waals surface area contributed by atoms with Gasteiger partial charge in [0.1, 0.15) is 38.1 Å². The minimum absolute atomic E-state index is 0.0807. The van der Waals surface area contributed by atoms with Crippen LogP contribution < -0.4 is 16.0 Å². The summed E-state index contributed by atoms with van der Waals surface area (Å²) in [5, 5.41) is 19.8. The summed E-state index contributed by atoms with van der Waals surface area (Å²) in [6.45, 7) is 7.54. The van der Waals surface area contributed by atoms with Gasteiger partial charge in [0.15, 0.2) is 5.79 Å². The first-order chi connectivity index (χ1) is 32.3. The molecule has 0 spiro atoms. The second-order valence-electron chi connectivity index (χ2n) is 16.4. The molecule has 380 valence electrons. The number of nitrogens with one attached hydrogen (secondary N) is 3. The van der Waals surface area contributed by atoms with Crippen LogP contribution in [0, 0.1) is 11.8 Å². The van der Waals surface area contributed by atoms with E-state index in [4.69, 9.17) is 52.1 Å². The van der Waals surface area contributed by atoms with Crippen molar-refractivity contribution in [1.82, 2.24) is 16.0 Å². The van der Waals surface area contributed by atoms with Gasteiger partial charge in [-0.25, -0.2) is 4.79 Å². The summed E-state index contributed by atoms with van der Waals surface area (Å²) in [4.78, 5) is 61.2. The molecular formula is C47H75N3O17. The van der Waals surface area contributed by atoms with Gasteiger partial charge in [-0.05, 0) is 24.8 Å². The summed E-state index contributed by atoms with van der Waals surface area (Å²) >= 11 is 0. The van der Waals surface area contributed by atoms with Gasteiger partial charge >= 0.3 is 11.9 Å². The molecule has 67 heavy (non-hydrogen) atoms. The van der Waals surface area contributed by atoms with Crippen LogP contribution in [0.3, 0.4) is 0 Å². The smallest absolute Gasteiger partial charge is 0.332 e. The maximum absolute atomic E-state index is 13.5. The van der Waals surface area contributed by atoms with E-state index in [1.807, 2.05) is 56.3 Å². The number of carbonyl (C=O) groups excluding carboxylic acids is 5. The highest BCUT2D eigenvalue weighted by Gasteiger charge is 2.49. The van der Waals surface area contributed by atoms with E-state index < -0.39 is 42.5 Å². The molecule has 0 aromatic heterocycles. The number of methoxy groups -OCH3 is 2. The molecular weight excluding hydrogens is 879 g/mol. The average Bonchev–Trinajstić information content (AvgIpc) is 3.30. The van der Waals surface area contributed by atoms with Crippen LogP contribution in [0.2, 0.25) is 0 Å². The van der Waals surface area contributed by atoms with Crippen LogP contribution in [0.15, 0.2) is 42.5 Å². The number of benzene rings is 1. The monoisotopic (exact) mass is 954 g/mol. The molecule has 2 heterocycles. The second kappa shape index (κ2) is 33.4. The zero-order valence-corrected chi connectivity index (χ0v) is 39.9. The largest absolute Gasteiger partial charge is 0.460 e. The lowest BCUT2D eigenvalue weighted by atomic mass is 9.81. The molecule has 1 aromatic rings. The van der Waals surface area contributed by atoms with Crippen LogP contribution in [0.5, 0.6) is 0 Å². The Labute approximate surface area is 394 Å². The third-order valence-electron chi connectivity index (χ3n) is 11.0. The number of rotatable bonds is 28. The molecule has 3 amide bonds. The Kier molecular flexibility index (Phi) is 28.5. The van der Waals surface area contributed by atoms with Crippen LogP contribution in [0.25, 0.3) is 0 Å². The van der Waals surface area contributed by atoms with E-state index in [1.165, 1.54) is 6.92 Å². The molecule has 0 saturated carbocycles. The molecule has 2 aliphatic heterocycles. The van der Waals surface area contributed by atoms with Gasteiger partial charge in [0, 0.05) is 59.0 Å². The number of fused-ring (bicyclic) bond motifs is 2. The van der Waals surface area contributed by atoms with Crippen LogP contribution in [0.1, 0.15) is 71.0 Å². The third-order valence-corrected chi connectivity index (χ3v) is 11.0. The maximum Gasteiger partial charge on any atom is 0.332 e. The lowest BCUT2D eigenvalue weighted by Crippen LogP contribution is -2.55. The number of carbonyl (C=O) groups is 5. The van der Waals surface area contributed by atoms with Gasteiger partial charge < -0.3 is 73.2 Å². The first-order valence-electron chi connectivity index (χ1n) is 23.2. The minimum Gasteiger partial charge on any atom is -0.460 e. The lowest BCUT2D eigenvalue weighted by Gasteiger charge is -2.46. The Morgan fingerprint density at radius 2 is 1.25 bits per heavy atom. The molecule has 2 aliphatic rings. The average molecular weight is 954 g/mol. The minimum atomic E-state index is -1.98. The predicted molar refractivity (Wildman–Crippen MR) is 241 cm³/mol. The molecule has 0 aliphatic carbocycles. The van der Waals surface area contributed by atoms with Crippen LogP contribution in [-0.2, 0) is 76.1 Å². The van der Waals surface area contributed by atoms with E-state index in [9.17, 15) is 29.1 Å². The lowest BCUT2D eigenvalue weighted by molar-refractivity contribution is -0.297. The predicted octanol–water partition coefficient (Wildman–Crippen LogP) is 1.95. The summed E-state index contributed by atoms with van der Waals surface area (Å²) in [6.07, 6.45) is 3.60. The van der Waals surface area contributed by atoms with Gasteiger partial charge in [0.2, 0.25) is 17.7 Å². The highest BCUT2D eigenvalue weighted by Crippen LogP contribution is 2.39. The molecule has 1 fully saturated rings. The topological polar surface area (TPSA) is 243 Å². The summed E-state index contributed by atoms with van der Waals surface area (Å²) < 4.78 is 62.0. The first-order valence-corrected chi connectivity index (χ1v) is 23.2. The molecule has 3 rings (SSSR count). The van der Waals surface area contributed by atoms with Crippen LogP contribution in [0.4, 0.5) is 0 Å². The summed E-state index contributed by atoms with van der Waals surface area (Å²) in [5.41, 5.74) is 0.845. The van der Waals surface area contributed by atoms with E-state index in [-0.39, 0.29) is 127 Å². The number of esters is 2. The Bertz CT molecular complexity index is 1610. The SMILES string of the molecule is COC1/C=C/C(C)C2OC(O)(CC(=O)OC(c3ccccc3)CCCCC1OC)CC(OC(=O)COCCOCCNC(=O)COCCOCCNC(=O)COCCOCCNC(C)=O)C2C. The summed E-state index contributed by atoms with van der Waals surface area (Å²) in [6, 6.07) is 9.48. The third kappa shape index (κ3) is 24.2. The fourth-order valence-electron chi connectivity index (χ4n) is 7.47. The Morgan fingerprint density at radius 3 is 1.82 bits per heavy atom. The van der Waals surface area contributed by atoms with Gasteiger partial charge in [-0.3, -0.25) is 19.2 Å². The van der Waals surface area contributed by atoms with Gasteiger partial charge in [0.05, 0.1) is 78.1 Å². The molecule has 8 atom stereocenters.